The predicted molar refractivity (Wildman–Crippen MR) is 230 cm³/mol. The second-order valence-electron chi connectivity index (χ2n) is 18.1. The summed E-state index contributed by atoms with van der Waals surface area (Å²) in [4.78, 5) is 28.0. The van der Waals surface area contributed by atoms with Crippen molar-refractivity contribution in [2.75, 3.05) is 32.8 Å². The molecule has 0 saturated heterocycles. The van der Waals surface area contributed by atoms with E-state index >= 15 is 0 Å². The van der Waals surface area contributed by atoms with E-state index in [0.717, 1.165) is 90.3 Å². The van der Waals surface area contributed by atoms with E-state index in [4.69, 9.17) is 9.47 Å². The van der Waals surface area contributed by atoms with Crippen LogP contribution in [0.2, 0.25) is 0 Å². The van der Waals surface area contributed by atoms with Gasteiger partial charge in [0.1, 0.15) is 6.10 Å². The zero-order valence-electron chi connectivity index (χ0n) is 37.0. The third-order valence-corrected chi connectivity index (χ3v) is 12.3. The Bertz CT molecular complexity index is 855. The van der Waals surface area contributed by atoms with Crippen molar-refractivity contribution < 1.29 is 24.2 Å². The first-order valence-electron chi connectivity index (χ1n) is 23.9. The average Bonchev–Trinajstić information content (AvgIpc) is 3.93. The number of hydrogen-bond acceptors (Lipinski definition) is 6. The van der Waals surface area contributed by atoms with Crippen molar-refractivity contribution >= 4 is 11.9 Å². The van der Waals surface area contributed by atoms with Gasteiger partial charge < -0.3 is 19.5 Å². The molecule has 1 aliphatic rings. The van der Waals surface area contributed by atoms with Gasteiger partial charge in [-0.2, -0.15) is 0 Å². The minimum atomic E-state index is -0.411. The standard InChI is InChI=1S/C48H93NO5/c1-6-9-12-15-18-23-30-43-53-46(52)47(4,5)34-27-21-22-29-39-49(41-42-50)40-38-48(36-37-48)35-28-26-33-45(51)54-44(31-24-19-16-13-10-7-2)32-25-20-17-14-11-8-3/h44,50H,6-43H2,1-5H3. The third kappa shape index (κ3) is 28.3. The average molecular weight is 764 g/mol. The van der Waals surface area contributed by atoms with E-state index in [0.29, 0.717) is 18.4 Å². The zero-order chi connectivity index (χ0) is 39.6. The first-order chi connectivity index (χ1) is 26.2. The molecule has 6 nitrogen and oxygen atoms in total. The second kappa shape index (κ2) is 33.9. The number of nitrogens with zero attached hydrogens (tertiary/aromatic N) is 1. The van der Waals surface area contributed by atoms with Crippen LogP contribution in [0.1, 0.15) is 247 Å². The van der Waals surface area contributed by atoms with E-state index in [9.17, 15) is 14.7 Å². The van der Waals surface area contributed by atoms with Gasteiger partial charge in [0.05, 0.1) is 18.6 Å². The molecule has 0 heterocycles. The lowest BCUT2D eigenvalue weighted by Gasteiger charge is -2.25. The Morgan fingerprint density at radius 1 is 0.611 bits per heavy atom. The van der Waals surface area contributed by atoms with E-state index in [-0.39, 0.29) is 24.6 Å². The van der Waals surface area contributed by atoms with Crippen LogP contribution < -0.4 is 0 Å². The summed E-state index contributed by atoms with van der Waals surface area (Å²) < 4.78 is 11.7. The fourth-order valence-corrected chi connectivity index (χ4v) is 8.03. The topological polar surface area (TPSA) is 76.1 Å². The van der Waals surface area contributed by atoms with Gasteiger partial charge >= 0.3 is 11.9 Å². The Morgan fingerprint density at radius 2 is 1.13 bits per heavy atom. The Labute approximate surface area is 336 Å². The van der Waals surface area contributed by atoms with Crippen molar-refractivity contribution in [3.8, 4) is 0 Å². The van der Waals surface area contributed by atoms with Crippen LogP contribution >= 0.6 is 0 Å². The van der Waals surface area contributed by atoms with Gasteiger partial charge in [-0.25, -0.2) is 0 Å². The van der Waals surface area contributed by atoms with E-state index in [1.807, 2.05) is 13.8 Å². The Kier molecular flexibility index (Phi) is 32.0. The fraction of sp³-hybridized carbons (Fsp3) is 0.958. The quantitative estimate of drug-likeness (QED) is 0.0494. The SMILES string of the molecule is CCCCCCCCCOC(=O)C(C)(C)CCCCCCN(CCO)CCC1(CCCCC(=O)OC(CCCCCCCC)CCCCCCCC)CC1. The molecule has 54 heavy (non-hydrogen) atoms. The van der Waals surface area contributed by atoms with Crippen LogP contribution in [0.3, 0.4) is 0 Å². The summed E-state index contributed by atoms with van der Waals surface area (Å²) in [6.45, 7) is 14.5. The highest BCUT2D eigenvalue weighted by molar-refractivity contribution is 5.75. The maximum absolute atomic E-state index is 12.9. The molecular weight excluding hydrogens is 671 g/mol. The zero-order valence-corrected chi connectivity index (χ0v) is 37.0. The van der Waals surface area contributed by atoms with Crippen LogP contribution in [-0.2, 0) is 19.1 Å². The molecule has 0 unspecified atom stereocenters. The molecule has 0 aromatic carbocycles. The van der Waals surface area contributed by atoms with Crippen molar-refractivity contribution in [1.82, 2.24) is 4.90 Å². The molecule has 0 aromatic heterocycles. The molecule has 1 aliphatic carbocycles. The van der Waals surface area contributed by atoms with Gasteiger partial charge in [0.15, 0.2) is 0 Å². The van der Waals surface area contributed by atoms with Crippen molar-refractivity contribution in [1.29, 1.82) is 0 Å². The minimum Gasteiger partial charge on any atom is -0.465 e. The number of hydrogen-bond donors (Lipinski definition) is 1. The molecule has 1 rings (SSSR count). The molecule has 0 atom stereocenters. The van der Waals surface area contributed by atoms with E-state index < -0.39 is 5.41 Å². The van der Waals surface area contributed by atoms with E-state index in [2.05, 4.69) is 25.7 Å². The number of esters is 2. The van der Waals surface area contributed by atoms with Gasteiger partial charge in [0, 0.05) is 13.0 Å². The first-order valence-corrected chi connectivity index (χ1v) is 23.9. The first kappa shape index (κ1) is 50.9. The monoisotopic (exact) mass is 764 g/mol. The molecule has 0 bridgehead atoms. The third-order valence-electron chi connectivity index (χ3n) is 12.3. The van der Waals surface area contributed by atoms with Crippen molar-refractivity contribution in [2.24, 2.45) is 10.8 Å². The van der Waals surface area contributed by atoms with Crippen LogP contribution in [0.4, 0.5) is 0 Å². The van der Waals surface area contributed by atoms with Crippen molar-refractivity contribution in [3.63, 3.8) is 0 Å². The molecule has 320 valence electrons. The van der Waals surface area contributed by atoms with Gasteiger partial charge in [-0.3, -0.25) is 9.59 Å². The summed E-state index contributed by atoms with van der Waals surface area (Å²) in [5.41, 5.74) is 0.0381. The number of unbranched alkanes of at least 4 members (excludes halogenated alkanes) is 20. The summed E-state index contributed by atoms with van der Waals surface area (Å²) >= 11 is 0. The number of aliphatic hydroxyl groups is 1. The van der Waals surface area contributed by atoms with Crippen LogP contribution in [0.5, 0.6) is 0 Å². The maximum atomic E-state index is 12.9. The summed E-state index contributed by atoms with van der Waals surface area (Å²) in [5, 5.41) is 9.74. The summed E-state index contributed by atoms with van der Waals surface area (Å²) in [6, 6.07) is 0. The Balaban J connectivity index is 2.26. The van der Waals surface area contributed by atoms with Crippen LogP contribution in [0, 0.1) is 10.8 Å². The molecular formula is C48H93NO5. The number of rotatable bonds is 41. The van der Waals surface area contributed by atoms with Crippen LogP contribution in [0.25, 0.3) is 0 Å². The second-order valence-corrected chi connectivity index (χ2v) is 18.1. The summed E-state index contributed by atoms with van der Waals surface area (Å²) in [7, 11) is 0. The van der Waals surface area contributed by atoms with Crippen molar-refractivity contribution in [2.45, 2.75) is 253 Å². The molecule has 1 N–H and O–H groups in total. The normalized spacial score (nSPS) is 13.9. The lowest BCUT2D eigenvalue weighted by atomic mass is 9.87. The number of carbonyl (C=O) groups is 2. The summed E-state index contributed by atoms with van der Waals surface area (Å²) in [6.07, 6.45) is 39.2. The van der Waals surface area contributed by atoms with E-state index in [1.54, 1.807) is 0 Å². The predicted octanol–water partition coefficient (Wildman–Crippen LogP) is 13.7. The van der Waals surface area contributed by atoms with Gasteiger partial charge in [0.2, 0.25) is 0 Å². The maximum Gasteiger partial charge on any atom is 0.311 e. The molecule has 1 fully saturated rings. The highest BCUT2D eigenvalue weighted by Crippen LogP contribution is 2.53. The highest BCUT2D eigenvalue weighted by atomic mass is 16.5. The largest absolute Gasteiger partial charge is 0.465 e. The number of carbonyl (C=O) groups excluding carboxylic acids is 2. The smallest absolute Gasteiger partial charge is 0.311 e. The van der Waals surface area contributed by atoms with E-state index in [1.165, 1.54) is 135 Å². The molecule has 6 heteroatoms. The Hall–Kier alpha value is -1.14. The van der Waals surface area contributed by atoms with Crippen molar-refractivity contribution in [3.05, 3.63) is 0 Å². The molecule has 0 spiro atoms. The number of aliphatic hydroxyl groups excluding tert-OH is 1. The van der Waals surface area contributed by atoms with Gasteiger partial charge in [-0.1, -0.05) is 149 Å². The summed E-state index contributed by atoms with van der Waals surface area (Å²) in [5.74, 6) is -0.0129. The molecule has 0 aliphatic heterocycles. The van der Waals surface area contributed by atoms with Gasteiger partial charge in [-0.15, -0.1) is 0 Å². The highest BCUT2D eigenvalue weighted by Gasteiger charge is 2.41. The molecule has 0 aromatic rings. The lowest BCUT2D eigenvalue weighted by molar-refractivity contribution is -0.154. The molecule has 0 amide bonds. The lowest BCUT2D eigenvalue weighted by Crippen LogP contribution is -2.30. The minimum absolute atomic E-state index is 0.0261. The number of ether oxygens (including phenoxy) is 2. The van der Waals surface area contributed by atoms with Crippen LogP contribution in [0.15, 0.2) is 0 Å². The fourth-order valence-electron chi connectivity index (χ4n) is 8.03. The molecule has 0 radical (unpaired) electrons. The van der Waals surface area contributed by atoms with Crippen LogP contribution in [-0.4, -0.2) is 60.9 Å². The van der Waals surface area contributed by atoms with Gasteiger partial charge in [-0.05, 0) is 109 Å². The Morgan fingerprint density at radius 3 is 1.69 bits per heavy atom. The molecule has 1 saturated carbocycles. The van der Waals surface area contributed by atoms with Gasteiger partial charge in [0.25, 0.3) is 0 Å².